The van der Waals surface area contributed by atoms with Gasteiger partial charge in [0.25, 0.3) is 0 Å². The summed E-state index contributed by atoms with van der Waals surface area (Å²) in [6.45, 7) is 0. The fraction of sp³-hybridized carbons (Fsp3) is 0.0952. The van der Waals surface area contributed by atoms with Crippen LogP contribution in [0.25, 0.3) is 0 Å². The van der Waals surface area contributed by atoms with Crippen molar-refractivity contribution in [3.8, 4) is 11.5 Å². The van der Waals surface area contributed by atoms with Crippen LogP contribution in [0, 0.1) is 0 Å². The van der Waals surface area contributed by atoms with Crippen LogP contribution in [0.4, 0.5) is 42.5 Å². The summed E-state index contributed by atoms with van der Waals surface area (Å²) in [7, 11) is 0. The van der Waals surface area contributed by atoms with Crippen LogP contribution < -0.4 is 15.4 Å². The first kappa shape index (κ1) is 24.5. The molecule has 0 saturated carbocycles. The SMILES string of the molecule is O=C(Nc1cc(Cl)cc(Oc2ccc(Cl)cc2)c1)Nc1ccc(C(F)(F)F)c(C(F)(F)F)c1. The summed E-state index contributed by atoms with van der Waals surface area (Å²) < 4.78 is 83.5. The lowest BCUT2D eigenvalue weighted by Gasteiger charge is -2.17. The normalized spacial score (nSPS) is 11.8. The number of nitrogens with one attached hydrogen (secondary N) is 2. The van der Waals surface area contributed by atoms with Crippen LogP contribution in [0.3, 0.4) is 0 Å². The van der Waals surface area contributed by atoms with Gasteiger partial charge in [-0.05, 0) is 54.6 Å². The fourth-order valence-corrected chi connectivity index (χ4v) is 3.08. The third-order valence-corrected chi connectivity index (χ3v) is 4.54. The van der Waals surface area contributed by atoms with E-state index in [1.807, 2.05) is 0 Å². The van der Waals surface area contributed by atoms with Gasteiger partial charge in [-0.1, -0.05) is 23.2 Å². The number of hydrogen-bond donors (Lipinski definition) is 2. The molecule has 2 amide bonds. The summed E-state index contributed by atoms with van der Waals surface area (Å²) in [5.41, 5.74) is -4.16. The van der Waals surface area contributed by atoms with Crippen molar-refractivity contribution in [3.63, 3.8) is 0 Å². The van der Waals surface area contributed by atoms with Gasteiger partial charge in [0.2, 0.25) is 0 Å². The van der Waals surface area contributed by atoms with E-state index in [2.05, 4.69) is 10.6 Å². The van der Waals surface area contributed by atoms with Gasteiger partial charge < -0.3 is 15.4 Å². The molecule has 0 radical (unpaired) electrons. The van der Waals surface area contributed by atoms with Crippen molar-refractivity contribution in [1.29, 1.82) is 0 Å². The molecule has 0 aromatic heterocycles. The molecule has 0 aliphatic heterocycles. The van der Waals surface area contributed by atoms with Gasteiger partial charge in [-0.2, -0.15) is 26.3 Å². The van der Waals surface area contributed by atoms with E-state index >= 15 is 0 Å². The number of anilines is 2. The fourth-order valence-electron chi connectivity index (χ4n) is 2.73. The molecule has 33 heavy (non-hydrogen) atoms. The quantitative estimate of drug-likeness (QED) is 0.347. The zero-order valence-electron chi connectivity index (χ0n) is 16.1. The Hall–Kier alpha value is -3.11. The predicted molar refractivity (Wildman–Crippen MR) is 112 cm³/mol. The number of alkyl halides is 6. The van der Waals surface area contributed by atoms with Crippen LogP contribution >= 0.6 is 23.2 Å². The number of benzene rings is 3. The molecule has 0 heterocycles. The highest BCUT2D eigenvalue weighted by Crippen LogP contribution is 2.41. The average molecular weight is 509 g/mol. The molecule has 2 N–H and O–H groups in total. The minimum atomic E-state index is -5.28. The number of amides is 2. The number of carbonyl (C=O) groups excluding carboxylic acids is 1. The van der Waals surface area contributed by atoms with E-state index in [1.54, 1.807) is 24.3 Å². The van der Waals surface area contributed by atoms with Crippen LogP contribution in [-0.2, 0) is 12.4 Å². The second-order valence-corrected chi connectivity index (χ2v) is 7.44. The molecular weight excluding hydrogens is 497 g/mol. The van der Waals surface area contributed by atoms with Crippen molar-refractivity contribution in [2.24, 2.45) is 0 Å². The molecule has 174 valence electrons. The maximum atomic E-state index is 13.1. The molecule has 0 atom stereocenters. The second-order valence-electron chi connectivity index (χ2n) is 6.57. The van der Waals surface area contributed by atoms with Crippen LogP contribution in [0.1, 0.15) is 11.1 Å². The smallest absolute Gasteiger partial charge is 0.417 e. The summed E-state index contributed by atoms with van der Waals surface area (Å²) in [6.07, 6.45) is -10.5. The molecule has 0 spiro atoms. The average Bonchev–Trinajstić information content (AvgIpc) is 2.67. The zero-order valence-corrected chi connectivity index (χ0v) is 17.6. The highest BCUT2D eigenvalue weighted by molar-refractivity contribution is 6.31. The Morgan fingerprint density at radius 2 is 1.27 bits per heavy atom. The summed E-state index contributed by atoms with van der Waals surface area (Å²) in [4.78, 5) is 12.2. The standard InChI is InChI=1S/C21H12Cl2F6N2O2/c22-11-1-4-15(5-2-11)33-16-8-12(23)7-14(9-16)31-19(32)30-13-3-6-17(20(24,25)26)18(10-13)21(27,28)29/h1-10H,(H2,30,31,32). The summed E-state index contributed by atoms with van der Waals surface area (Å²) >= 11 is 11.8. The van der Waals surface area contributed by atoms with E-state index in [1.165, 1.54) is 18.2 Å². The molecule has 0 aliphatic carbocycles. The summed E-state index contributed by atoms with van der Waals surface area (Å²) in [6, 6.07) is 10.7. The molecule has 0 fully saturated rings. The van der Waals surface area contributed by atoms with Crippen molar-refractivity contribution >= 4 is 40.6 Å². The molecule has 3 aromatic carbocycles. The van der Waals surface area contributed by atoms with Crippen molar-refractivity contribution < 1.29 is 35.9 Å². The Balaban J connectivity index is 1.77. The Bertz CT molecular complexity index is 1160. The lowest BCUT2D eigenvalue weighted by Crippen LogP contribution is -2.21. The molecule has 4 nitrogen and oxygen atoms in total. The molecule has 12 heteroatoms. The van der Waals surface area contributed by atoms with Crippen molar-refractivity contribution in [2.45, 2.75) is 12.4 Å². The van der Waals surface area contributed by atoms with Gasteiger partial charge in [-0.15, -0.1) is 0 Å². The van der Waals surface area contributed by atoms with Crippen molar-refractivity contribution in [2.75, 3.05) is 10.6 Å². The van der Waals surface area contributed by atoms with Crippen LogP contribution in [0.2, 0.25) is 10.0 Å². The largest absolute Gasteiger partial charge is 0.457 e. The molecule has 0 saturated heterocycles. The van der Waals surface area contributed by atoms with Gasteiger partial charge in [-0.25, -0.2) is 4.79 Å². The number of ether oxygens (including phenoxy) is 1. The number of hydrogen-bond acceptors (Lipinski definition) is 2. The van der Waals surface area contributed by atoms with Gasteiger partial charge in [0.05, 0.1) is 11.1 Å². The highest BCUT2D eigenvalue weighted by Gasteiger charge is 2.43. The third kappa shape index (κ3) is 6.69. The van der Waals surface area contributed by atoms with Gasteiger partial charge in [0.1, 0.15) is 11.5 Å². The minimum Gasteiger partial charge on any atom is -0.457 e. The summed E-state index contributed by atoms with van der Waals surface area (Å²) in [5, 5.41) is 5.05. The Morgan fingerprint density at radius 1 is 0.667 bits per heavy atom. The molecule has 3 aromatic rings. The Morgan fingerprint density at radius 3 is 1.88 bits per heavy atom. The molecule has 0 aliphatic rings. The second kappa shape index (κ2) is 9.40. The molecule has 0 unspecified atom stereocenters. The van der Waals surface area contributed by atoms with E-state index in [-0.39, 0.29) is 28.6 Å². The van der Waals surface area contributed by atoms with E-state index in [0.29, 0.717) is 16.8 Å². The molecule has 0 bridgehead atoms. The first-order valence-electron chi connectivity index (χ1n) is 8.92. The maximum absolute atomic E-state index is 13.1. The van der Waals surface area contributed by atoms with Gasteiger partial charge in [-0.3, -0.25) is 0 Å². The summed E-state index contributed by atoms with van der Waals surface area (Å²) in [5.74, 6) is 0.649. The number of rotatable bonds is 4. The zero-order chi connectivity index (χ0) is 24.4. The van der Waals surface area contributed by atoms with Crippen molar-refractivity contribution in [1.82, 2.24) is 0 Å². The van der Waals surface area contributed by atoms with Crippen LogP contribution in [0.5, 0.6) is 11.5 Å². The Kier molecular flexibility index (Phi) is 6.99. The lowest BCUT2D eigenvalue weighted by molar-refractivity contribution is -0.162. The van der Waals surface area contributed by atoms with Gasteiger partial charge in [0, 0.05) is 27.5 Å². The molecule has 3 rings (SSSR count). The van der Waals surface area contributed by atoms with E-state index < -0.39 is 35.2 Å². The van der Waals surface area contributed by atoms with E-state index in [9.17, 15) is 31.1 Å². The number of carbonyl (C=O) groups is 1. The van der Waals surface area contributed by atoms with E-state index in [4.69, 9.17) is 27.9 Å². The van der Waals surface area contributed by atoms with E-state index in [0.717, 1.165) is 0 Å². The van der Waals surface area contributed by atoms with Crippen LogP contribution in [0.15, 0.2) is 60.7 Å². The number of urea groups is 1. The van der Waals surface area contributed by atoms with Gasteiger partial charge in [0.15, 0.2) is 0 Å². The maximum Gasteiger partial charge on any atom is 0.417 e. The lowest BCUT2D eigenvalue weighted by atomic mass is 10.1. The molecular formula is C21H12Cl2F6N2O2. The Labute approximate surface area is 193 Å². The van der Waals surface area contributed by atoms with Crippen molar-refractivity contribution in [3.05, 3.63) is 81.8 Å². The predicted octanol–water partition coefficient (Wildman–Crippen LogP) is 8.47. The highest BCUT2D eigenvalue weighted by atomic mass is 35.5. The first-order valence-corrected chi connectivity index (χ1v) is 9.67. The number of halogens is 8. The minimum absolute atomic E-state index is 0.118. The topological polar surface area (TPSA) is 50.4 Å². The van der Waals surface area contributed by atoms with Gasteiger partial charge >= 0.3 is 18.4 Å². The third-order valence-electron chi connectivity index (χ3n) is 4.07. The first-order chi connectivity index (χ1) is 15.3. The van der Waals surface area contributed by atoms with Crippen LogP contribution in [-0.4, -0.2) is 6.03 Å². The monoisotopic (exact) mass is 508 g/mol.